The van der Waals surface area contributed by atoms with E-state index < -0.39 is 0 Å². The fraction of sp³-hybridized carbons (Fsp3) is 0. The van der Waals surface area contributed by atoms with Gasteiger partial charge in [-0.15, -0.1) is 0 Å². The third-order valence-corrected chi connectivity index (χ3v) is 14.3. The van der Waals surface area contributed by atoms with Crippen molar-refractivity contribution in [3.8, 4) is 34.3 Å². The van der Waals surface area contributed by atoms with Crippen LogP contribution < -0.4 is 9.80 Å². The van der Waals surface area contributed by atoms with Gasteiger partial charge in [0.05, 0.1) is 22.1 Å². The van der Waals surface area contributed by atoms with E-state index in [2.05, 4.69) is 223 Å². The van der Waals surface area contributed by atoms with E-state index in [1.54, 1.807) is 0 Å². The summed E-state index contributed by atoms with van der Waals surface area (Å²) in [5.74, 6) is 1.04. The van der Waals surface area contributed by atoms with Gasteiger partial charge in [-0.1, -0.05) is 72.8 Å². The number of aromatic nitrogens is 6. The highest BCUT2D eigenvalue weighted by molar-refractivity contribution is 6.11. The smallest absolute Gasteiger partial charge is 0.227 e. The van der Waals surface area contributed by atoms with Crippen LogP contribution in [0.25, 0.3) is 100 Å². The SMILES string of the molecule is c1ccc(N(c2ccccc2)c2ccc3c(c2)c2cnccc2n3-c2ccc(-c3nc4cc5nc(-c6ccc(-n7c8ccncc8c8cc(N(c9ccccc9)c9ccccc9)ccc87)cc6)oc5cc4o3)cc2)cc1. The van der Waals surface area contributed by atoms with Crippen molar-refractivity contribution in [1.29, 1.82) is 0 Å². The van der Waals surface area contributed by atoms with Gasteiger partial charge in [0, 0.05) is 109 Å². The third kappa shape index (κ3) is 7.19. The summed E-state index contributed by atoms with van der Waals surface area (Å²) >= 11 is 0. The van der Waals surface area contributed by atoms with Crippen molar-refractivity contribution >= 4 is 99.9 Å². The molecule has 6 heterocycles. The molecule has 9 aromatic carbocycles. The van der Waals surface area contributed by atoms with E-state index in [0.29, 0.717) is 34.0 Å². The maximum absolute atomic E-state index is 6.42. The van der Waals surface area contributed by atoms with Gasteiger partial charge in [0.15, 0.2) is 11.2 Å². The lowest BCUT2D eigenvalue weighted by Crippen LogP contribution is -2.09. The molecule has 0 fully saturated rings. The molecular weight excluding hydrogens is 937 g/mol. The molecule has 0 N–H and O–H groups in total. The topological polar surface area (TPSA) is 94.2 Å². The van der Waals surface area contributed by atoms with Crippen molar-refractivity contribution < 1.29 is 8.83 Å². The average molecular weight is 979 g/mol. The highest BCUT2D eigenvalue weighted by atomic mass is 16.4. The average Bonchev–Trinajstić information content (AvgIpc) is 4.32. The molecule has 0 spiro atoms. The molecule has 15 aromatic rings. The molecule has 0 radical (unpaired) electrons. The maximum Gasteiger partial charge on any atom is 0.227 e. The zero-order valence-electron chi connectivity index (χ0n) is 40.6. The molecular formula is C66H42N8O2. The lowest BCUT2D eigenvalue weighted by Gasteiger charge is -2.25. The number of pyridine rings is 2. The number of para-hydroxylation sites is 4. The van der Waals surface area contributed by atoms with Crippen LogP contribution in [0.15, 0.2) is 264 Å². The molecule has 0 aliphatic rings. The Morgan fingerprint density at radius 2 is 0.684 bits per heavy atom. The molecule has 358 valence electrons. The highest BCUT2D eigenvalue weighted by Crippen LogP contribution is 2.42. The van der Waals surface area contributed by atoms with Gasteiger partial charge in [0.25, 0.3) is 0 Å². The maximum atomic E-state index is 6.42. The van der Waals surface area contributed by atoms with Gasteiger partial charge in [-0.05, 0) is 152 Å². The van der Waals surface area contributed by atoms with Crippen LogP contribution in [0.5, 0.6) is 0 Å². The third-order valence-electron chi connectivity index (χ3n) is 14.3. The number of anilines is 6. The largest absolute Gasteiger partial charge is 0.436 e. The van der Waals surface area contributed by atoms with E-state index in [9.17, 15) is 0 Å². The van der Waals surface area contributed by atoms with Crippen molar-refractivity contribution in [1.82, 2.24) is 29.1 Å². The number of fused-ring (bicyclic) bond motifs is 8. The predicted molar refractivity (Wildman–Crippen MR) is 306 cm³/mol. The van der Waals surface area contributed by atoms with Crippen LogP contribution in [0.1, 0.15) is 0 Å². The van der Waals surface area contributed by atoms with E-state index in [4.69, 9.17) is 18.8 Å². The Morgan fingerprint density at radius 3 is 1.07 bits per heavy atom. The lowest BCUT2D eigenvalue weighted by atomic mass is 10.1. The Labute approximate surface area is 435 Å². The quantitative estimate of drug-likeness (QED) is 0.134. The fourth-order valence-corrected chi connectivity index (χ4v) is 10.8. The van der Waals surface area contributed by atoms with E-state index >= 15 is 0 Å². The molecule has 6 aromatic heterocycles. The minimum Gasteiger partial charge on any atom is -0.436 e. The van der Waals surface area contributed by atoms with Crippen LogP contribution >= 0.6 is 0 Å². The first-order valence-corrected chi connectivity index (χ1v) is 25.2. The summed E-state index contributed by atoms with van der Waals surface area (Å²) in [6, 6.07) is 79.8. The molecule has 10 nitrogen and oxygen atoms in total. The summed E-state index contributed by atoms with van der Waals surface area (Å²) in [5.41, 5.74) is 17.2. The molecule has 15 rings (SSSR count). The summed E-state index contributed by atoms with van der Waals surface area (Å²) in [5, 5.41) is 4.37. The van der Waals surface area contributed by atoms with E-state index in [1.807, 2.05) is 61.2 Å². The Morgan fingerprint density at radius 1 is 0.316 bits per heavy atom. The Bertz CT molecular complexity index is 4200. The molecule has 10 heteroatoms. The van der Waals surface area contributed by atoms with E-state index in [0.717, 1.165) is 100 Å². The molecule has 0 bridgehead atoms. The highest BCUT2D eigenvalue weighted by Gasteiger charge is 2.21. The van der Waals surface area contributed by atoms with Gasteiger partial charge < -0.3 is 27.8 Å². The zero-order valence-corrected chi connectivity index (χ0v) is 40.6. The first-order valence-electron chi connectivity index (χ1n) is 25.2. The van der Waals surface area contributed by atoms with Gasteiger partial charge >= 0.3 is 0 Å². The molecule has 0 aliphatic heterocycles. The monoisotopic (exact) mass is 978 g/mol. The fourth-order valence-electron chi connectivity index (χ4n) is 10.8. The molecule has 0 unspecified atom stereocenters. The summed E-state index contributed by atoms with van der Waals surface area (Å²) in [7, 11) is 0. The predicted octanol–water partition coefficient (Wildman–Crippen LogP) is 17.2. The van der Waals surface area contributed by atoms with Crippen LogP contribution in [-0.2, 0) is 0 Å². The molecule has 0 atom stereocenters. The standard InChI is InChI=1S/C66H42N8O2/c1-5-13-45(14-6-1)71(46-15-7-2-8-16-46)51-29-31-59-53(37-51)55-41-67-35-33-61(55)73(59)49-25-21-43(22-26-49)65-69-57-39-58-64(40-63(57)75-65)76-66(70-58)44-23-27-50(28-24-44)74-60-32-30-52(38-54(60)56-42-68-36-34-62(56)74)72(47-17-9-3-10-18-47)48-19-11-4-12-20-48/h1-42H. The Balaban J connectivity index is 0.718. The van der Waals surface area contributed by atoms with Crippen molar-refractivity contribution in [3.05, 3.63) is 255 Å². The van der Waals surface area contributed by atoms with Crippen LogP contribution in [0.2, 0.25) is 0 Å². The van der Waals surface area contributed by atoms with E-state index in [-0.39, 0.29) is 0 Å². The zero-order chi connectivity index (χ0) is 50.1. The number of oxazole rings is 2. The second-order valence-electron chi connectivity index (χ2n) is 18.8. The van der Waals surface area contributed by atoms with Crippen molar-refractivity contribution in [2.45, 2.75) is 0 Å². The molecule has 0 amide bonds. The first kappa shape index (κ1) is 43.0. The van der Waals surface area contributed by atoms with Gasteiger partial charge in [-0.3, -0.25) is 9.97 Å². The Kier molecular flexibility index (Phi) is 9.95. The second kappa shape index (κ2) is 17.6. The van der Waals surface area contributed by atoms with Gasteiger partial charge in [0.1, 0.15) is 11.0 Å². The van der Waals surface area contributed by atoms with Crippen molar-refractivity contribution in [2.24, 2.45) is 0 Å². The lowest BCUT2D eigenvalue weighted by molar-refractivity contribution is 0.609. The number of hydrogen-bond donors (Lipinski definition) is 0. The minimum absolute atomic E-state index is 0.518. The first-order chi connectivity index (χ1) is 37.7. The molecule has 0 saturated heterocycles. The van der Waals surface area contributed by atoms with Crippen molar-refractivity contribution in [2.75, 3.05) is 9.80 Å². The summed E-state index contributed by atoms with van der Waals surface area (Å²) in [6.07, 6.45) is 7.61. The number of benzene rings is 9. The van der Waals surface area contributed by atoms with Crippen LogP contribution in [0.3, 0.4) is 0 Å². The van der Waals surface area contributed by atoms with Crippen LogP contribution in [0.4, 0.5) is 34.1 Å². The normalized spacial score (nSPS) is 11.7. The van der Waals surface area contributed by atoms with Crippen LogP contribution in [-0.4, -0.2) is 29.1 Å². The van der Waals surface area contributed by atoms with E-state index in [1.165, 1.54) is 0 Å². The van der Waals surface area contributed by atoms with Gasteiger partial charge in [-0.25, -0.2) is 9.97 Å². The summed E-state index contributed by atoms with van der Waals surface area (Å²) in [4.78, 5) is 23.6. The van der Waals surface area contributed by atoms with Crippen LogP contribution in [0, 0.1) is 0 Å². The van der Waals surface area contributed by atoms with Crippen molar-refractivity contribution in [3.63, 3.8) is 0 Å². The molecule has 76 heavy (non-hydrogen) atoms. The van der Waals surface area contributed by atoms with Gasteiger partial charge in [0.2, 0.25) is 11.8 Å². The summed E-state index contributed by atoms with van der Waals surface area (Å²) in [6.45, 7) is 0. The number of rotatable bonds is 10. The number of hydrogen-bond acceptors (Lipinski definition) is 8. The molecule has 0 aliphatic carbocycles. The number of nitrogens with zero attached hydrogens (tertiary/aromatic N) is 8. The Hall–Kier alpha value is -10.6. The van der Waals surface area contributed by atoms with Gasteiger partial charge in [-0.2, -0.15) is 0 Å². The molecule has 0 saturated carbocycles. The summed E-state index contributed by atoms with van der Waals surface area (Å²) < 4.78 is 17.4. The second-order valence-corrected chi connectivity index (χ2v) is 18.8. The minimum atomic E-state index is 0.518.